The average molecular weight is 318 g/mol. The van der Waals surface area contributed by atoms with Crippen LogP contribution < -0.4 is 5.32 Å². The molecule has 1 heterocycles. The van der Waals surface area contributed by atoms with E-state index in [-0.39, 0.29) is 18.3 Å². The molecule has 1 aromatic carbocycles. The molecule has 0 spiro atoms. The first kappa shape index (κ1) is 16.8. The van der Waals surface area contributed by atoms with E-state index in [1.165, 1.54) is 17.0 Å². The van der Waals surface area contributed by atoms with Crippen molar-refractivity contribution in [2.24, 2.45) is 0 Å². The fourth-order valence-electron chi connectivity index (χ4n) is 2.24. The Morgan fingerprint density at radius 1 is 1.48 bits per heavy atom. The summed E-state index contributed by atoms with van der Waals surface area (Å²) in [7, 11) is 0. The van der Waals surface area contributed by atoms with Crippen molar-refractivity contribution in [2.45, 2.75) is 19.4 Å². The number of hydrogen-bond donors (Lipinski definition) is 4. The highest BCUT2D eigenvalue weighted by molar-refractivity contribution is 5.74. The molecule has 0 radical (unpaired) electrons. The summed E-state index contributed by atoms with van der Waals surface area (Å²) in [5, 5.41) is 22.5. The number of aliphatic hydroxyl groups is 1. The number of amides is 2. The molecule has 0 aliphatic rings. The lowest BCUT2D eigenvalue weighted by atomic mass is 10.1. The van der Waals surface area contributed by atoms with E-state index in [1.807, 2.05) is 6.92 Å². The minimum Gasteiger partial charge on any atom is -0.508 e. The quantitative estimate of drug-likeness (QED) is 0.620. The second kappa shape index (κ2) is 8.19. The van der Waals surface area contributed by atoms with Crippen molar-refractivity contribution in [3.05, 3.63) is 48.0 Å². The van der Waals surface area contributed by atoms with Gasteiger partial charge in [-0.2, -0.15) is 0 Å². The Balaban J connectivity index is 1.84. The number of carbonyl (C=O) groups is 1. The van der Waals surface area contributed by atoms with Crippen LogP contribution in [0.1, 0.15) is 24.3 Å². The third-order valence-corrected chi connectivity index (χ3v) is 3.54. The number of hydrogen-bond acceptors (Lipinski definition) is 4. The second-order valence-corrected chi connectivity index (χ2v) is 5.21. The van der Waals surface area contributed by atoms with Gasteiger partial charge in [-0.05, 0) is 24.6 Å². The normalized spacial score (nSPS) is 11.9. The standard InChI is InChI=1S/C16H22N4O3/c1-2-20(10-15(22)12-4-3-5-14(21)8-12)16(23)18-7-6-13-9-17-11-19-13/h3-5,8-9,11,15,21-22H,2,6-7,10H2,1H3,(H,17,19)(H,18,23). The first-order chi connectivity index (χ1) is 11.1. The molecule has 1 unspecified atom stereocenters. The summed E-state index contributed by atoms with van der Waals surface area (Å²) in [4.78, 5) is 20.6. The van der Waals surface area contributed by atoms with Crippen molar-refractivity contribution in [1.82, 2.24) is 20.2 Å². The first-order valence-corrected chi connectivity index (χ1v) is 7.57. The fraction of sp³-hybridized carbons (Fsp3) is 0.375. The molecular formula is C16H22N4O3. The van der Waals surface area contributed by atoms with Gasteiger partial charge in [0, 0.05) is 31.4 Å². The highest BCUT2D eigenvalue weighted by Crippen LogP contribution is 2.19. The van der Waals surface area contributed by atoms with E-state index in [2.05, 4.69) is 15.3 Å². The molecule has 2 amide bonds. The van der Waals surface area contributed by atoms with Gasteiger partial charge in [-0.1, -0.05) is 12.1 Å². The summed E-state index contributed by atoms with van der Waals surface area (Å²) in [5.41, 5.74) is 1.53. The van der Waals surface area contributed by atoms with E-state index < -0.39 is 6.10 Å². The molecule has 2 rings (SSSR count). The molecule has 1 atom stereocenters. The van der Waals surface area contributed by atoms with Gasteiger partial charge in [0.15, 0.2) is 0 Å². The number of nitrogens with zero attached hydrogens (tertiary/aromatic N) is 2. The number of phenols is 1. The number of likely N-dealkylation sites (N-methyl/N-ethyl adjacent to an activating group) is 1. The number of urea groups is 1. The maximum absolute atomic E-state index is 12.2. The molecule has 4 N–H and O–H groups in total. The fourth-order valence-corrected chi connectivity index (χ4v) is 2.24. The van der Waals surface area contributed by atoms with Crippen LogP contribution in [0, 0.1) is 0 Å². The Morgan fingerprint density at radius 3 is 2.96 bits per heavy atom. The van der Waals surface area contributed by atoms with Crippen LogP contribution in [0.15, 0.2) is 36.8 Å². The lowest BCUT2D eigenvalue weighted by Gasteiger charge is -2.24. The number of nitrogens with one attached hydrogen (secondary N) is 2. The van der Waals surface area contributed by atoms with Crippen LogP contribution in [0.5, 0.6) is 5.75 Å². The minimum absolute atomic E-state index is 0.0913. The molecule has 2 aromatic rings. The molecule has 23 heavy (non-hydrogen) atoms. The van der Waals surface area contributed by atoms with Crippen LogP contribution in [0.4, 0.5) is 4.79 Å². The zero-order valence-electron chi connectivity index (χ0n) is 13.1. The van der Waals surface area contributed by atoms with Gasteiger partial charge >= 0.3 is 6.03 Å². The molecule has 7 heteroatoms. The molecule has 124 valence electrons. The highest BCUT2D eigenvalue weighted by atomic mass is 16.3. The summed E-state index contributed by atoms with van der Waals surface area (Å²) in [6.45, 7) is 2.98. The Morgan fingerprint density at radius 2 is 2.30 bits per heavy atom. The molecule has 0 saturated carbocycles. The predicted molar refractivity (Wildman–Crippen MR) is 86.0 cm³/mol. The molecule has 0 saturated heterocycles. The van der Waals surface area contributed by atoms with Crippen LogP contribution in [-0.4, -0.2) is 50.7 Å². The summed E-state index contributed by atoms with van der Waals surface area (Å²) < 4.78 is 0. The lowest BCUT2D eigenvalue weighted by molar-refractivity contribution is 0.123. The zero-order valence-corrected chi connectivity index (χ0v) is 13.1. The molecule has 0 fully saturated rings. The monoisotopic (exact) mass is 318 g/mol. The van der Waals surface area contributed by atoms with Gasteiger partial charge in [-0.15, -0.1) is 0 Å². The Hall–Kier alpha value is -2.54. The number of phenolic OH excluding ortho intramolecular Hbond substituents is 1. The topological polar surface area (TPSA) is 101 Å². The molecule has 7 nitrogen and oxygen atoms in total. The van der Waals surface area contributed by atoms with E-state index in [9.17, 15) is 15.0 Å². The van der Waals surface area contributed by atoms with Gasteiger partial charge in [0.05, 0.1) is 19.0 Å². The van der Waals surface area contributed by atoms with E-state index in [1.54, 1.807) is 24.7 Å². The van der Waals surface area contributed by atoms with Gasteiger partial charge in [-0.25, -0.2) is 9.78 Å². The number of carbonyl (C=O) groups excluding carboxylic acids is 1. The van der Waals surface area contributed by atoms with E-state index in [0.717, 1.165) is 5.69 Å². The Kier molecular flexibility index (Phi) is 5.99. The third kappa shape index (κ3) is 5.00. The number of H-pyrrole nitrogens is 1. The van der Waals surface area contributed by atoms with Crippen LogP contribution in [0.25, 0.3) is 0 Å². The van der Waals surface area contributed by atoms with E-state index in [4.69, 9.17) is 0 Å². The van der Waals surface area contributed by atoms with Crippen molar-refractivity contribution in [3.8, 4) is 5.75 Å². The van der Waals surface area contributed by atoms with Crippen LogP contribution in [-0.2, 0) is 6.42 Å². The summed E-state index contributed by atoms with van der Waals surface area (Å²) >= 11 is 0. The summed E-state index contributed by atoms with van der Waals surface area (Å²) in [5.74, 6) is 0.0913. The van der Waals surface area contributed by atoms with Gasteiger partial charge < -0.3 is 25.4 Å². The summed E-state index contributed by atoms with van der Waals surface area (Å²) in [6, 6.07) is 6.18. The molecule has 1 aromatic heterocycles. The number of aromatic amines is 1. The van der Waals surface area contributed by atoms with Gasteiger partial charge in [0.1, 0.15) is 5.75 Å². The number of imidazole rings is 1. The smallest absolute Gasteiger partial charge is 0.317 e. The molecule has 0 aliphatic carbocycles. The van der Waals surface area contributed by atoms with Gasteiger partial charge in [-0.3, -0.25) is 0 Å². The largest absolute Gasteiger partial charge is 0.508 e. The minimum atomic E-state index is -0.847. The number of aromatic hydroxyl groups is 1. The number of aromatic nitrogens is 2. The predicted octanol–water partition coefficient (Wildman–Crippen LogP) is 1.42. The Labute approximate surface area is 135 Å². The van der Waals surface area contributed by atoms with Crippen LogP contribution in [0.3, 0.4) is 0 Å². The molecule has 0 bridgehead atoms. The number of rotatable bonds is 7. The SMILES string of the molecule is CCN(CC(O)c1cccc(O)c1)C(=O)NCCc1cnc[nH]1. The van der Waals surface area contributed by atoms with Crippen LogP contribution in [0.2, 0.25) is 0 Å². The van der Waals surface area contributed by atoms with E-state index >= 15 is 0 Å². The van der Waals surface area contributed by atoms with Crippen molar-refractivity contribution < 1.29 is 15.0 Å². The van der Waals surface area contributed by atoms with Crippen molar-refractivity contribution in [3.63, 3.8) is 0 Å². The Bertz CT molecular complexity index is 616. The van der Waals surface area contributed by atoms with E-state index in [0.29, 0.717) is 25.1 Å². The lowest BCUT2D eigenvalue weighted by Crippen LogP contribution is -2.42. The van der Waals surface area contributed by atoms with Crippen molar-refractivity contribution in [1.29, 1.82) is 0 Å². The first-order valence-electron chi connectivity index (χ1n) is 7.57. The van der Waals surface area contributed by atoms with Crippen molar-refractivity contribution in [2.75, 3.05) is 19.6 Å². The zero-order chi connectivity index (χ0) is 16.7. The summed E-state index contributed by atoms with van der Waals surface area (Å²) in [6.07, 6.45) is 3.13. The van der Waals surface area contributed by atoms with Gasteiger partial charge in [0.25, 0.3) is 0 Å². The highest BCUT2D eigenvalue weighted by Gasteiger charge is 2.17. The van der Waals surface area contributed by atoms with Crippen molar-refractivity contribution >= 4 is 6.03 Å². The number of benzene rings is 1. The maximum atomic E-state index is 12.2. The van der Waals surface area contributed by atoms with Crippen LogP contribution >= 0.6 is 0 Å². The third-order valence-electron chi connectivity index (χ3n) is 3.54. The maximum Gasteiger partial charge on any atom is 0.317 e. The average Bonchev–Trinajstić information content (AvgIpc) is 3.05. The van der Waals surface area contributed by atoms with Gasteiger partial charge in [0.2, 0.25) is 0 Å². The second-order valence-electron chi connectivity index (χ2n) is 5.21. The molecule has 0 aliphatic heterocycles. The molecular weight excluding hydrogens is 296 g/mol. The number of aliphatic hydroxyl groups excluding tert-OH is 1.